The fourth-order valence-corrected chi connectivity index (χ4v) is 1.96. The zero-order valence-corrected chi connectivity index (χ0v) is 11.1. The van der Waals surface area contributed by atoms with Crippen molar-refractivity contribution in [1.82, 2.24) is 10.6 Å². The molecule has 0 bridgehead atoms. The Labute approximate surface area is 104 Å². The van der Waals surface area contributed by atoms with Gasteiger partial charge in [-0.1, -0.05) is 6.42 Å². The van der Waals surface area contributed by atoms with Crippen molar-refractivity contribution in [3.05, 3.63) is 0 Å². The normalized spacial score (nSPS) is 20.5. The van der Waals surface area contributed by atoms with Gasteiger partial charge in [0.2, 0.25) is 5.91 Å². The highest BCUT2D eigenvalue weighted by Crippen LogP contribution is 2.06. The van der Waals surface area contributed by atoms with Crippen LogP contribution in [-0.2, 0) is 9.53 Å². The molecule has 0 aromatic carbocycles. The van der Waals surface area contributed by atoms with Gasteiger partial charge < -0.3 is 15.4 Å². The van der Waals surface area contributed by atoms with E-state index in [0.717, 1.165) is 45.4 Å². The number of hydrogen-bond donors (Lipinski definition) is 2. The second kappa shape index (κ2) is 8.48. The van der Waals surface area contributed by atoms with Crippen molar-refractivity contribution in [2.75, 3.05) is 19.7 Å². The summed E-state index contributed by atoms with van der Waals surface area (Å²) in [4.78, 5) is 11.7. The number of nitrogens with one attached hydrogen (secondary N) is 2. The number of ether oxygens (including phenoxy) is 1. The molecule has 0 spiro atoms. The SMILES string of the molecule is CC(C)OCCCCNC(=O)C1CCCCN1. The van der Waals surface area contributed by atoms with E-state index in [1.54, 1.807) is 0 Å². The van der Waals surface area contributed by atoms with Gasteiger partial charge in [-0.05, 0) is 46.1 Å². The van der Waals surface area contributed by atoms with E-state index in [2.05, 4.69) is 10.6 Å². The molecule has 1 fully saturated rings. The quantitative estimate of drug-likeness (QED) is 0.664. The van der Waals surface area contributed by atoms with Gasteiger partial charge in [0.05, 0.1) is 12.1 Å². The molecular formula is C13H26N2O2. The molecule has 1 heterocycles. The van der Waals surface area contributed by atoms with Gasteiger partial charge in [0.1, 0.15) is 0 Å². The minimum absolute atomic E-state index is 0.0377. The smallest absolute Gasteiger partial charge is 0.237 e. The monoisotopic (exact) mass is 242 g/mol. The molecule has 0 aromatic heterocycles. The third-order valence-corrected chi connectivity index (χ3v) is 2.95. The molecule has 1 saturated heterocycles. The van der Waals surface area contributed by atoms with E-state index in [9.17, 15) is 4.79 Å². The lowest BCUT2D eigenvalue weighted by molar-refractivity contribution is -0.123. The first kappa shape index (κ1) is 14.5. The molecule has 1 amide bonds. The van der Waals surface area contributed by atoms with E-state index in [-0.39, 0.29) is 11.9 Å². The van der Waals surface area contributed by atoms with E-state index in [4.69, 9.17) is 4.74 Å². The molecule has 1 atom stereocenters. The van der Waals surface area contributed by atoms with E-state index >= 15 is 0 Å². The summed E-state index contributed by atoms with van der Waals surface area (Å²) < 4.78 is 5.44. The van der Waals surface area contributed by atoms with E-state index in [1.807, 2.05) is 13.8 Å². The van der Waals surface area contributed by atoms with Gasteiger partial charge in [-0.25, -0.2) is 0 Å². The lowest BCUT2D eigenvalue weighted by atomic mass is 10.0. The Balaban J connectivity index is 1.96. The van der Waals surface area contributed by atoms with Crippen molar-refractivity contribution in [3.63, 3.8) is 0 Å². The van der Waals surface area contributed by atoms with Gasteiger partial charge in [-0.3, -0.25) is 4.79 Å². The summed E-state index contributed by atoms with van der Waals surface area (Å²) >= 11 is 0. The van der Waals surface area contributed by atoms with Crippen molar-refractivity contribution in [2.24, 2.45) is 0 Å². The Morgan fingerprint density at radius 3 is 2.88 bits per heavy atom. The highest BCUT2D eigenvalue weighted by atomic mass is 16.5. The van der Waals surface area contributed by atoms with Crippen molar-refractivity contribution >= 4 is 5.91 Å². The number of carbonyl (C=O) groups excluding carboxylic acids is 1. The minimum Gasteiger partial charge on any atom is -0.379 e. The molecule has 1 aliphatic rings. The Morgan fingerprint density at radius 1 is 1.41 bits per heavy atom. The maximum Gasteiger partial charge on any atom is 0.237 e. The lowest BCUT2D eigenvalue weighted by Gasteiger charge is -2.22. The highest BCUT2D eigenvalue weighted by molar-refractivity contribution is 5.81. The number of rotatable bonds is 7. The van der Waals surface area contributed by atoms with Crippen LogP contribution in [0.3, 0.4) is 0 Å². The first-order valence-corrected chi connectivity index (χ1v) is 6.83. The average molecular weight is 242 g/mol. The average Bonchev–Trinajstić information content (AvgIpc) is 2.34. The molecule has 17 heavy (non-hydrogen) atoms. The van der Waals surface area contributed by atoms with Crippen molar-refractivity contribution < 1.29 is 9.53 Å². The second-order valence-electron chi connectivity index (χ2n) is 4.92. The third kappa shape index (κ3) is 6.64. The molecule has 4 nitrogen and oxygen atoms in total. The molecule has 100 valence electrons. The van der Waals surface area contributed by atoms with Crippen LogP contribution >= 0.6 is 0 Å². The Hall–Kier alpha value is -0.610. The first-order chi connectivity index (χ1) is 8.20. The minimum atomic E-state index is 0.0377. The number of piperidine rings is 1. The molecule has 0 aliphatic carbocycles. The van der Waals surface area contributed by atoms with E-state index in [0.29, 0.717) is 6.10 Å². The first-order valence-electron chi connectivity index (χ1n) is 6.83. The Morgan fingerprint density at radius 2 is 2.24 bits per heavy atom. The number of hydrogen-bond acceptors (Lipinski definition) is 3. The van der Waals surface area contributed by atoms with Crippen LogP contribution in [0.4, 0.5) is 0 Å². The maximum absolute atomic E-state index is 11.7. The number of unbranched alkanes of at least 4 members (excludes halogenated alkanes) is 1. The molecule has 2 N–H and O–H groups in total. The Bertz CT molecular complexity index is 213. The van der Waals surface area contributed by atoms with Gasteiger partial charge in [0, 0.05) is 13.2 Å². The van der Waals surface area contributed by atoms with Gasteiger partial charge in [0.15, 0.2) is 0 Å². The molecule has 1 rings (SSSR count). The summed E-state index contributed by atoms with van der Waals surface area (Å²) in [5, 5.41) is 6.23. The van der Waals surface area contributed by atoms with Crippen LogP contribution in [-0.4, -0.2) is 37.7 Å². The van der Waals surface area contributed by atoms with Crippen LogP contribution in [0.5, 0.6) is 0 Å². The summed E-state index contributed by atoms with van der Waals surface area (Å²) in [6.45, 7) is 6.60. The van der Waals surface area contributed by atoms with Crippen molar-refractivity contribution in [2.45, 2.75) is 58.1 Å². The molecule has 0 radical (unpaired) electrons. The topological polar surface area (TPSA) is 50.4 Å². The molecular weight excluding hydrogens is 216 g/mol. The second-order valence-corrected chi connectivity index (χ2v) is 4.92. The van der Waals surface area contributed by atoms with Gasteiger partial charge >= 0.3 is 0 Å². The standard InChI is InChI=1S/C13H26N2O2/c1-11(2)17-10-6-5-9-15-13(16)12-7-3-4-8-14-12/h11-12,14H,3-10H2,1-2H3,(H,15,16). The zero-order valence-electron chi connectivity index (χ0n) is 11.1. The summed E-state index contributed by atoms with van der Waals surface area (Å²) in [5.74, 6) is 0.162. The molecule has 0 saturated carbocycles. The zero-order chi connectivity index (χ0) is 12.5. The van der Waals surface area contributed by atoms with E-state index in [1.165, 1.54) is 6.42 Å². The van der Waals surface area contributed by atoms with Crippen LogP contribution in [0.15, 0.2) is 0 Å². The summed E-state index contributed by atoms with van der Waals surface area (Å²) in [7, 11) is 0. The van der Waals surface area contributed by atoms with Crippen LogP contribution in [0.25, 0.3) is 0 Å². The van der Waals surface area contributed by atoms with Crippen LogP contribution in [0.1, 0.15) is 46.0 Å². The number of carbonyl (C=O) groups is 1. The van der Waals surface area contributed by atoms with Gasteiger partial charge in [-0.2, -0.15) is 0 Å². The van der Waals surface area contributed by atoms with Crippen LogP contribution in [0.2, 0.25) is 0 Å². The highest BCUT2D eigenvalue weighted by Gasteiger charge is 2.19. The maximum atomic E-state index is 11.7. The van der Waals surface area contributed by atoms with Crippen molar-refractivity contribution in [1.29, 1.82) is 0 Å². The lowest BCUT2D eigenvalue weighted by Crippen LogP contribution is -2.46. The van der Waals surface area contributed by atoms with Gasteiger partial charge in [-0.15, -0.1) is 0 Å². The summed E-state index contributed by atoms with van der Waals surface area (Å²) in [5.41, 5.74) is 0. The van der Waals surface area contributed by atoms with Crippen molar-refractivity contribution in [3.8, 4) is 0 Å². The summed E-state index contributed by atoms with van der Waals surface area (Å²) in [6.07, 6.45) is 5.63. The predicted molar refractivity (Wildman–Crippen MR) is 69.0 cm³/mol. The number of amides is 1. The third-order valence-electron chi connectivity index (χ3n) is 2.95. The van der Waals surface area contributed by atoms with Crippen LogP contribution in [0, 0.1) is 0 Å². The molecule has 1 unspecified atom stereocenters. The largest absolute Gasteiger partial charge is 0.379 e. The van der Waals surface area contributed by atoms with Gasteiger partial charge in [0.25, 0.3) is 0 Å². The predicted octanol–water partition coefficient (Wildman–Crippen LogP) is 1.45. The fraction of sp³-hybridized carbons (Fsp3) is 0.923. The molecule has 4 heteroatoms. The Kier molecular flexibility index (Phi) is 7.21. The summed E-state index contributed by atoms with van der Waals surface area (Å²) in [6, 6.07) is 0.0377. The fourth-order valence-electron chi connectivity index (χ4n) is 1.96. The van der Waals surface area contributed by atoms with Crippen LogP contribution < -0.4 is 10.6 Å². The molecule has 1 aliphatic heterocycles. The molecule has 0 aromatic rings. The van der Waals surface area contributed by atoms with E-state index < -0.39 is 0 Å².